The van der Waals surface area contributed by atoms with Crippen LogP contribution in [-0.4, -0.2) is 14.2 Å². The van der Waals surface area contributed by atoms with Gasteiger partial charge in [0.05, 0.1) is 13.7 Å². The summed E-state index contributed by atoms with van der Waals surface area (Å²) < 4.78 is 36.9. The van der Waals surface area contributed by atoms with Crippen molar-refractivity contribution in [3.63, 3.8) is 0 Å². The van der Waals surface area contributed by atoms with E-state index in [1.807, 2.05) is 0 Å². The molecule has 0 radical (unpaired) electrons. The number of methoxy groups -OCH3 is 2. The minimum Gasteiger partial charge on any atom is -0.496 e. The first-order chi connectivity index (χ1) is 9.15. The molecule has 0 saturated heterocycles. The van der Waals surface area contributed by atoms with Crippen LogP contribution < -0.4 is 4.74 Å². The molecule has 0 bridgehead atoms. The largest absolute Gasteiger partial charge is 0.496 e. The third-order valence-corrected chi connectivity index (χ3v) is 2.82. The lowest BCUT2D eigenvalue weighted by molar-refractivity contribution is 0.181. The third-order valence-electron chi connectivity index (χ3n) is 2.82. The van der Waals surface area contributed by atoms with Crippen LogP contribution >= 0.6 is 0 Å². The molecule has 2 nitrogen and oxygen atoms in total. The Morgan fingerprint density at radius 2 is 1.79 bits per heavy atom. The van der Waals surface area contributed by atoms with Crippen molar-refractivity contribution in [2.24, 2.45) is 0 Å². The second kappa shape index (κ2) is 5.80. The molecule has 0 amide bonds. The zero-order valence-electron chi connectivity index (χ0n) is 10.7. The van der Waals surface area contributed by atoms with E-state index < -0.39 is 11.6 Å². The van der Waals surface area contributed by atoms with E-state index in [1.54, 1.807) is 32.4 Å². The normalized spacial score (nSPS) is 10.5. The van der Waals surface area contributed by atoms with E-state index in [0.29, 0.717) is 23.5 Å². The van der Waals surface area contributed by atoms with Crippen LogP contribution in [0.15, 0.2) is 36.4 Å². The molecule has 0 atom stereocenters. The van der Waals surface area contributed by atoms with E-state index in [1.165, 1.54) is 12.1 Å². The fraction of sp³-hybridized carbons (Fsp3) is 0.200. The molecule has 0 aliphatic rings. The zero-order valence-corrected chi connectivity index (χ0v) is 10.7. The van der Waals surface area contributed by atoms with Gasteiger partial charge in [-0.2, -0.15) is 0 Å². The maximum absolute atomic E-state index is 13.7. The standard InChI is InChI=1S/C15H14F2O2/c1-18-9-11-7-10(3-6-15(11)19-2)13-5-4-12(16)8-14(13)17/h3-8H,9H2,1-2H3. The number of halogens is 2. The first kappa shape index (κ1) is 13.5. The molecular formula is C15H14F2O2. The van der Waals surface area contributed by atoms with Crippen molar-refractivity contribution in [3.05, 3.63) is 53.6 Å². The van der Waals surface area contributed by atoms with Crippen molar-refractivity contribution in [1.82, 2.24) is 0 Å². The third kappa shape index (κ3) is 2.90. The molecule has 0 aliphatic carbocycles. The molecule has 0 fully saturated rings. The van der Waals surface area contributed by atoms with Crippen LogP contribution in [0.1, 0.15) is 5.56 Å². The number of benzene rings is 2. The predicted octanol–water partition coefficient (Wildman–Crippen LogP) is 3.79. The number of hydrogen-bond donors (Lipinski definition) is 0. The van der Waals surface area contributed by atoms with Crippen molar-refractivity contribution in [3.8, 4) is 16.9 Å². The molecule has 2 aromatic rings. The molecule has 0 N–H and O–H groups in total. The summed E-state index contributed by atoms with van der Waals surface area (Å²) in [6, 6.07) is 8.77. The summed E-state index contributed by atoms with van der Waals surface area (Å²) in [4.78, 5) is 0. The van der Waals surface area contributed by atoms with E-state index in [2.05, 4.69) is 0 Å². The molecule has 19 heavy (non-hydrogen) atoms. The first-order valence-electron chi connectivity index (χ1n) is 5.77. The molecule has 2 rings (SSSR count). The monoisotopic (exact) mass is 264 g/mol. The quantitative estimate of drug-likeness (QED) is 0.836. The fourth-order valence-corrected chi connectivity index (χ4v) is 1.94. The Morgan fingerprint density at radius 1 is 1.00 bits per heavy atom. The highest BCUT2D eigenvalue weighted by Crippen LogP contribution is 2.29. The van der Waals surface area contributed by atoms with Gasteiger partial charge < -0.3 is 9.47 Å². The van der Waals surface area contributed by atoms with Gasteiger partial charge in [0.1, 0.15) is 17.4 Å². The Hall–Kier alpha value is -1.94. The van der Waals surface area contributed by atoms with Crippen LogP contribution in [0.25, 0.3) is 11.1 Å². The molecule has 0 spiro atoms. The second-order valence-electron chi connectivity index (χ2n) is 4.08. The summed E-state index contributed by atoms with van der Waals surface area (Å²) in [5.41, 5.74) is 1.82. The maximum Gasteiger partial charge on any atom is 0.133 e. The maximum atomic E-state index is 13.7. The molecule has 0 unspecified atom stereocenters. The Kier molecular flexibility index (Phi) is 4.12. The van der Waals surface area contributed by atoms with Crippen LogP contribution in [0.2, 0.25) is 0 Å². The van der Waals surface area contributed by atoms with E-state index >= 15 is 0 Å². The summed E-state index contributed by atoms with van der Waals surface area (Å²) in [5, 5.41) is 0. The summed E-state index contributed by atoms with van der Waals surface area (Å²) in [7, 11) is 3.14. The molecule has 0 heterocycles. The molecule has 100 valence electrons. The molecular weight excluding hydrogens is 250 g/mol. The Morgan fingerprint density at radius 3 is 2.42 bits per heavy atom. The van der Waals surface area contributed by atoms with Gasteiger partial charge in [0.15, 0.2) is 0 Å². The van der Waals surface area contributed by atoms with Gasteiger partial charge in [0, 0.05) is 24.3 Å². The number of rotatable bonds is 4. The Bertz CT molecular complexity index is 582. The van der Waals surface area contributed by atoms with Gasteiger partial charge >= 0.3 is 0 Å². The molecule has 2 aromatic carbocycles. The highest BCUT2D eigenvalue weighted by Gasteiger charge is 2.10. The zero-order chi connectivity index (χ0) is 13.8. The van der Waals surface area contributed by atoms with Crippen molar-refractivity contribution in [2.45, 2.75) is 6.61 Å². The van der Waals surface area contributed by atoms with Crippen LogP contribution in [0, 0.1) is 11.6 Å². The smallest absolute Gasteiger partial charge is 0.133 e. The molecule has 0 aromatic heterocycles. The fourth-order valence-electron chi connectivity index (χ4n) is 1.94. The van der Waals surface area contributed by atoms with Crippen molar-refractivity contribution in [1.29, 1.82) is 0 Å². The SMILES string of the molecule is COCc1cc(-c2ccc(F)cc2F)ccc1OC. The van der Waals surface area contributed by atoms with Crippen LogP contribution in [0.4, 0.5) is 8.78 Å². The predicted molar refractivity (Wildman–Crippen MR) is 69.1 cm³/mol. The lowest BCUT2D eigenvalue weighted by atomic mass is 10.0. The van der Waals surface area contributed by atoms with E-state index in [0.717, 1.165) is 11.6 Å². The first-order valence-corrected chi connectivity index (χ1v) is 5.77. The second-order valence-corrected chi connectivity index (χ2v) is 4.08. The summed E-state index contributed by atoms with van der Waals surface area (Å²) in [5.74, 6) is -0.506. The average Bonchev–Trinajstić information content (AvgIpc) is 2.39. The van der Waals surface area contributed by atoms with Crippen LogP contribution in [-0.2, 0) is 11.3 Å². The highest BCUT2D eigenvalue weighted by molar-refractivity contribution is 5.66. The van der Waals surface area contributed by atoms with Crippen molar-refractivity contribution >= 4 is 0 Å². The number of ether oxygens (including phenoxy) is 2. The summed E-state index contributed by atoms with van der Waals surface area (Å²) >= 11 is 0. The Labute approximate surface area is 110 Å². The van der Waals surface area contributed by atoms with Gasteiger partial charge in [0.2, 0.25) is 0 Å². The van der Waals surface area contributed by atoms with Gasteiger partial charge in [-0.3, -0.25) is 0 Å². The van der Waals surface area contributed by atoms with E-state index in [4.69, 9.17) is 9.47 Å². The molecule has 4 heteroatoms. The van der Waals surface area contributed by atoms with Crippen molar-refractivity contribution < 1.29 is 18.3 Å². The minimum atomic E-state index is -0.591. The minimum absolute atomic E-state index is 0.349. The van der Waals surface area contributed by atoms with E-state index in [9.17, 15) is 8.78 Å². The topological polar surface area (TPSA) is 18.5 Å². The summed E-state index contributed by atoms with van der Waals surface area (Å²) in [6.07, 6.45) is 0. The van der Waals surface area contributed by atoms with Crippen LogP contribution in [0.5, 0.6) is 5.75 Å². The lowest BCUT2D eigenvalue weighted by Crippen LogP contribution is -1.95. The number of hydrogen-bond acceptors (Lipinski definition) is 2. The van der Waals surface area contributed by atoms with Gasteiger partial charge in [-0.05, 0) is 29.8 Å². The van der Waals surface area contributed by atoms with Gasteiger partial charge in [-0.1, -0.05) is 6.07 Å². The Balaban J connectivity index is 2.47. The summed E-state index contributed by atoms with van der Waals surface area (Å²) in [6.45, 7) is 0.361. The van der Waals surface area contributed by atoms with Crippen LogP contribution in [0.3, 0.4) is 0 Å². The average molecular weight is 264 g/mol. The molecule has 0 aliphatic heterocycles. The van der Waals surface area contributed by atoms with E-state index in [-0.39, 0.29) is 0 Å². The van der Waals surface area contributed by atoms with Crippen molar-refractivity contribution in [2.75, 3.05) is 14.2 Å². The lowest BCUT2D eigenvalue weighted by Gasteiger charge is -2.11. The highest BCUT2D eigenvalue weighted by atomic mass is 19.1. The van der Waals surface area contributed by atoms with Gasteiger partial charge in [0.25, 0.3) is 0 Å². The van der Waals surface area contributed by atoms with Gasteiger partial charge in [-0.15, -0.1) is 0 Å². The van der Waals surface area contributed by atoms with Gasteiger partial charge in [-0.25, -0.2) is 8.78 Å². The molecule has 0 saturated carbocycles.